The Morgan fingerprint density at radius 2 is 1.77 bits per heavy atom. The van der Waals surface area contributed by atoms with Crippen LogP contribution in [0.25, 0.3) is 16.6 Å². The van der Waals surface area contributed by atoms with Crippen LogP contribution < -0.4 is 16.4 Å². The van der Waals surface area contributed by atoms with Gasteiger partial charge in [0.1, 0.15) is 0 Å². The Morgan fingerprint density at radius 3 is 2.51 bits per heavy atom. The molecule has 0 spiro atoms. The first-order valence-electron chi connectivity index (χ1n) is 10.4. The molecule has 176 valence electrons. The maximum Gasteiger partial charge on any atom is 0.270 e. The molecule has 2 amide bonds. The van der Waals surface area contributed by atoms with Gasteiger partial charge in [0, 0.05) is 17.7 Å². The quantitative estimate of drug-likeness (QED) is 0.184. The summed E-state index contributed by atoms with van der Waals surface area (Å²) in [7, 11) is 0. The topological polar surface area (TPSA) is 136 Å². The largest absolute Gasteiger partial charge is 0.272 e. The summed E-state index contributed by atoms with van der Waals surface area (Å²) < 4.78 is 1.45. The standard InChI is InChI=1S/C24H19N5O5S/c1-15-9-11-17(12-10-15)28-23(32)19-7-2-3-8-20(19)25-24(28)35-14-21(30)26-27-22(31)16-5-4-6-18(13-16)29(33)34/h2-13H,14H2,1H3,(H,26,30)(H,27,31). The van der Waals surface area contributed by atoms with Gasteiger partial charge < -0.3 is 0 Å². The summed E-state index contributed by atoms with van der Waals surface area (Å²) in [5.41, 5.74) is 6.17. The highest BCUT2D eigenvalue weighted by molar-refractivity contribution is 7.99. The van der Waals surface area contributed by atoms with Crippen LogP contribution in [0.15, 0.2) is 82.7 Å². The Morgan fingerprint density at radius 1 is 1.03 bits per heavy atom. The van der Waals surface area contributed by atoms with Crippen LogP contribution in [-0.4, -0.2) is 32.0 Å². The molecular weight excluding hydrogens is 470 g/mol. The molecule has 0 unspecified atom stereocenters. The minimum absolute atomic E-state index is 0.0246. The Bertz CT molecular complexity index is 1500. The first-order chi connectivity index (χ1) is 16.8. The van der Waals surface area contributed by atoms with E-state index in [0.717, 1.165) is 23.4 Å². The molecule has 0 bridgehead atoms. The zero-order chi connectivity index (χ0) is 24.9. The molecule has 0 aliphatic carbocycles. The number of benzene rings is 3. The van der Waals surface area contributed by atoms with Gasteiger partial charge in [-0.3, -0.25) is 39.9 Å². The van der Waals surface area contributed by atoms with Crippen LogP contribution in [0.1, 0.15) is 15.9 Å². The van der Waals surface area contributed by atoms with Gasteiger partial charge in [-0.05, 0) is 37.3 Å². The third-order valence-corrected chi connectivity index (χ3v) is 5.94. The number of nitro benzene ring substituents is 1. The number of hydrogen-bond acceptors (Lipinski definition) is 7. The molecule has 0 atom stereocenters. The van der Waals surface area contributed by atoms with Crippen molar-refractivity contribution < 1.29 is 14.5 Å². The summed E-state index contributed by atoms with van der Waals surface area (Å²) in [5.74, 6) is -1.40. The highest BCUT2D eigenvalue weighted by Gasteiger charge is 2.16. The second-order valence-corrected chi connectivity index (χ2v) is 8.43. The fourth-order valence-corrected chi connectivity index (χ4v) is 4.07. The van der Waals surface area contributed by atoms with E-state index in [1.165, 1.54) is 22.8 Å². The SMILES string of the molecule is Cc1ccc(-n2c(SCC(=O)NNC(=O)c3cccc([N+](=O)[O-])c3)nc3ccccc3c2=O)cc1. The van der Waals surface area contributed by atoms with E-state index in [2.05, 4.69) is 15.8 Å². The third-order valence-electron chi connectivity index (χ3n) is 5.00. The van der Waals surface area contributed by atoms with Crippen LogP contribution in [0, 0.1) is 17.0 Å². The maximum absolute atomic E-state index is 13.2. The number of hydrazine groups is 1. The lowest BCUT2D eigenvalue weighted by Crippen LogP contribution is -2.42. The van der Waals surface area contributed by atoms with Crippen molar-refractivity contribution in [3.63, 3.8) is 0 Å². The van der Waals surface area contributed by atoms with Gasteiger partial charge in [-0.1, -0.05) is 47.7 Å². The smallest absolute Gasteiger partial charge is 0.270 e. The predicted molar refractivity (Wildman–Crippen MR) is 132 cm³/mol. The summed E-state index contributed by atoms with van der Waals surface area (Å²) in [5, 5.41) is 11.7. The van der Waals surface area contributed by atoms with Gasteiger partial charge in [0.2, 0.25) is 5.91 Å². The first-order valence-corrected chi connectivity index (χ1v) is 11.4. The van der Waals surface area contributed by atoms with Crippen LogP contribution >= 0.6 is 11.8 Å². The number of fused-ring (bicyclic) bond motifs is 1. The summed E-state index contributed by atoms with van der Waals surface area (Å²) in [6.07, 6.45) is 0. The Kier molecular flexibility index (Phi) is 6.88. The van der Waals surface area contributed by atoms with Crippen LogP contribution in [0.5, 0.6) is 0 Å². The average Bonchev–Trinajstić information content (AvgIpc) is 2.87. The van der Waals surface area contributed by atoms with Gasteiger partial charge in [-0.2, -0.15) is 0 Å². The number of nitrogens with one attached hydrogen (secondary N) is 2. The van der Waals surface area contributed by atoms with Crippen LogP contribution in [0.4, 0.5) is 5.69 Å². The highest BCUT2D eigenvalue weighted by atomic mass is 32.2. The monoisotopic (exact) mass is 489 g/mol. The van der Waals surface area contributed by atoms with Crippen LogP contribution in [0.3, 0.4) is 0 Å². The summed E-state index contributed by atoms with van der Waals surface area (Å²) in [4.78, 5) is 52.7. The van der Waals surface area contributed by atoms with E-state index in [9.17, 15) is 24.5 Å². The first kappa shape index (κ1) is 23.6. The average molecular weight is 490 g/mol. The second kappa shape index (κ2) is 10.2. The molecule has 10 nitrogen and oxygen atoms in total. The number of nitro groups is 1. The number of non-ortho nitro benzene ring substituents is 1. The summed E-state index contributed by atoms with van der Waals surface area (Å²) in [6, 6.07) is 19.4. The van der Waals surface area contributed by atoms with E-state index in [4.69, 9.17) is 0 Å². The molecule has 0 saturated carbocycles. The van der Waals surface area contributed by atoms with Gasteiger partial charge in [-0.15, -0.1) is 0 Å². The Labute approximate surface area is 203 Å². The number of carbonyl (C=O) groups is 2. The fourth-order valence-electron chi connectivity index (χ4n) is 3.26. The number of rotatable bonds is 6. The zero-order valence-corrected chi connectivity index (χ0v) is 19.2. The fraction of sp³-hybridized carbons (Fsp3) is 0.0833. The van der Waals surface area contributed by atoms with Crippen molar-refractivity contribution in [2.45, 2.75) is 12.1 Å². The van der Waals surface area contributed by atoms with Crippen molar-refractivity contribution >= 4 is 40.2 Å². The van der Waals surface area contributed by atoms with E-state index in [0.29, 0.717) is 21.7 Å². The number of hydrogen-bond donors (Lipinski definition) is 2. The molecule has 1 aromatic heterocycles. The van der Waals surface area contributed by atoms with Gasteiger partial charge in [0.15, 0.2) is 5.16 Å². The molecule has 35 heavy (non-hydrogen) atoms. The summed E-state index contributed by atoms with van der Waals surface area (Å²) in [6.45, 7) is 1.94. The van der Waals surface area contributed by atoms with E-state index in [1.54, 1.807) is 36.4 Å². The van der Waals surface area contributed by atoms with Crippen molar-refractivity contribution in [3.8, 4) is 5.69 Å². The van der Waals surface area contributed by atoms with Crippen molar-refractivity contribution in [2.24, 2.45) is 0 Å². The summed E-state index contributed by atoms with van der Waals surface area (Å²) >= 11 is 1.04. The number of amides is 2. The molecule has 0 fully saturated rings. The normalized spacial score (nSPS) is 10.7. The van der Waals surface area contributed by atoms with Gasteiger partial charge in [0.05, 0.1) is 27.3 Å². The molecule has 1 heterocycles. The van der Waals surface area contributed by atoms with Crippen molar-refractivity contribution in [1.29, 1.82) is 0 Å². The van der Waals surface area contributed by atoms with Gasteiger partial charge >= 0.3 is 0 Å². The maximum atomic E-state index is 13.2. The number of thioether (sulfide) groups is 1. The molecule has 3 aromatic carbocycles. The van der Waals surface area contributed by atoms with Crippen LogP contribution in [0.2, 0.25) is 0 Å². The zero-order valence-electron chi connectivity index (χ0n) is 18.4. The van der Waals surface area contributed by atoms with Crippen molar-refractivity contribution in [1.82, 2.24) is 20.4 Å². The lowest BCUT2D eigenvalue weighted by Gasteiger charge is -2.13. The minimum atomic E-state index is -0.701. The molecule has 4 rings (SSSR count). The number of nitrogens with zero attached hydrogens (tertiary/aromatic N) is 3. The number of aryl methyl sites for hydroxylation is 1. The molecule has 11 heteroatoms. The Hall–Kier alpha value is -4.51. The van der Waals surface area contributed by atoms with Crippen LogP contribution in [-0.2, 0) is 4.79 Å². The van der Waals surface area contributed by atoms with Gasteiger partial charge in [-0.25, -0.2) is 4.98 Å². The molecule has 0 aliphatic heterocycles. The van der Waals surface area contributed by atoms with Crippen molar-refractivity contribution in [3.05, 3.63) is 104 Å². The molecule has 0 aliphatic rings. The highest BCUT2D eigenvalue weighted by Crippen LogP contribution is 2.21. The third kappa shape index (κ3) is 5.36. The number of carbonyl (C=O) groups excluding carboxylic acids is 2. The number of aromatic nitrogens is 2. The van der Waals surface area contributed by atoms with E-state index in [1.807, 2.05) is 19.1 Å². The van der Waals surface area contributed by atoms with E-state index >= 15 is 0 Å². The molecular formula is C24H19N5O5S. The van der Waals surface area contributed by atoms with Crippen molar-refractivity contribution in [2.75, 3.05) is 5.75 Å². The van der Waals surface area contributed by atoms with E-state index in [-0.39, 0.29) is 22.6 Å². The van der Waals surface area contributed by atoms with E-state index < -0.39 is 16.7 Å². The Balaban J connectivity index is 1.51. The lowest BCUT2D eigenvalue weighted by molar-refractivity contribution is -0.384. The molecule has 2 N–H and O–H groups in total. The second-order valence-electron chi connectivity index (χ2n) is 7.49. The minimum Gasteiger partial charge on any atom is -0.272 e. The molecule has 0 saturated heterocycles. The molecule has 4 aromatic rings. The number of para-hydroxylation sites is 1. The molecule has 0 radical (unpaired) electrons. The van der Waals surface area contributed by atoms with Gasteiger partial charge in [0.25, 0.3) is 17.2 Å². The predicted octanol–water partition coefficient (Wildman–Crippen LogP) is 3.16. The lowest BCUT2D eigenvalue weighted by atomic mass is 10.2.